The number of aliphatic hydroxyl groups is 1. The second-order valence-corrected chi connectivity index (χ2v) is 6.67. The van der Waals surface area contributed by atoms with E-state index < -0.39 is 6.10 Å². The predicted molar refractivity (Wildman–Crippen MR) is 91.0 cm³/mol. The number of Topliss-reactive ketones (excluding diaryl/α,β-unsaturated/α-hetero) is 1. The lowest BCUT2D eigenvalue weighted by Crippen LogP contribution is -2.22. The molecule has 1 heterocycles. The molecule has 1 aliphatic carbocycles. The molecule has 0 spiro atoms. The number of carbonyl (C=O) groups excluding carboxylic acids is 1. The summed E-state index contributed by atoms with van der Waals surface area (Å²) in [5, 5.41) is 11.2. The zero-order valence-electron chi connectivity index (χ0n) is 12.5. The molecule has 23 heavy (non-hydrogen) atoms. The van der Waals surface area contributed by atoms with Gasteiger partial charge in [-0.15, -0.1) is 0 Å². The summed E-state index contributed by atoms with van der Waals surface area (Å²) in [7, 11) is 0. The van der Waals surface area contributed by atoms with Crippen LogP contribution in [-0.2, 0) is 11.2 Å². The molecule has 0 amide bonds. The zero-order chi connectivity index (χ0) is 16.4. The van der Waals surface area contributed by atoms with Crippen LogP contribution in [0.5, 0.6) is 0 Å². The van der Waals surface area contributed by atoms with E-state index in [1.165, 1.54) is 0 Å². The van der Waals surface area contributed by atoms with E-state index in [2.05, 4.69) is 4.98 Å². The van der Waals surface area contributed by atoms with Gasteiger partial charge in [0.15, 0.2) is 0 Å². The lowest BCUT2D eigenvalue weighted by molar-refractivity contribution is -0.121. The van der Waals surface area contributed by atoms with Crippen LogP contribution >= 0.6 is 23.2 Å². The van der Waals surface area contributed by atoms with Crippen LogP contribution < -0.4 is 0 Å². The van der Waals surface area contributed by atoms with Gasteiger partial charge in [0.1, 0.15) is 5.78 Å². The molecule has 0 fully saturated rings. The minimum Gasteiger partial charge on any atom is -0.387 e. The number of halogens is 2. The number of nitrogens with zero attached hydrogens (tertiary/aromatic N) is 1. The third kappa shape index (κ3) is 3.57. The van der Waals surface area contributed by atoms with Crippen molar-refractivity contribution in [3.8, 4) is 0 Å². The number of ketones is 1. The quantitative estimate of drug-likeness (QED) is 0.883. The summed E-state index contributed by atoms with van der Waals surface area (Å²) in [4.78, 5) is 16.9. The van der Waals surface area contributed by atoms with Gasteiger partial charge in [0.25, 0.3) is 0 Å². The van der Waals surface area contributed by atoms with E-state index in [1.54, 1.807) is 18.3 Å². The molecular formula is C18H17Cl2NO2. The van der Waals surface area contributed by atoms with E-state index >= 15 is 0 Å². The van der Waals surface area contributed by atoms with Crippen molar-refractivity contribution in [1.29, 1.82) is 0 Å². The van der Waals surface area contributed by atoms with Crippen molar-refractivity contribution in [2.45, 2.75) is 37.7 Å². The Morgan fingerprint density at radius 2 is 2.09 bits per heavy atom. The van der Waals surface area contributed by atoms with E-state index in [9.17, 15) is 9.90 Å². The molecule has 0 radical (unpaired) electrons. The summed E-state index contributed by atoms with van der Waals surface area (Å²) in [6.45, 7) is 0. The van der Waals surface area contributed by atoms with Gasteiger partial charge in [-0.25, -0.2) is 0 Å². The summed E-state index contributed by atoms with van der Waals surface area (Å²) in [5.74, 6) is -0.0228. The fourth-order valence-corrected chi connectivity index (χ4v) is 3.61. The summed E-state index contributed by atoms with van der Waals surface area (Å²) < 4.78 is 0. The maximum Gasteiger partial charge on any atom is 0.140 e. The first kappa shape index (κ1) is 16.4. The van der Waals surface area contributed by atoms with Crippen LogP contribution in [0.4, 0.5) is 0 Å². The molecule has 0 saturated heterocycles. The summed E-state index contributed by atoms with van der Waals surface area (Å²) in [6, 6.07) is 9.04. The highest BCUT2D eigenvalue weighted by Gasteiger charge is 2.31. The van der Waals surface area contributed by atoms with E-state index in [4.69, 9.17) is 23.2 Å². The highest BCUT2D eigenvalue weighted by molar-refractivity contribution is 6.35. The van der Waals surface area contributed by atoms with E-state index in [0.29, 0.717) is 41.4 Å². The minimum atomic E-state index is -0.569. The van der Waals surface area contributed by atoms with Gasteiger partial charge in [-0.05, 0) is 48.6 Å². The minimum absolute atomic E-state index is 0.164. The first-order valence-corrected chi connectivity index (χ1v) is 8.41. The molecule has 120 valence electrons. The van der Waals surface area contributed by atoms with Gasteiger partial charge in [0, 0.05) is 28.6 Å². The fourth-order valence-electron chi connectivity index (χ4n) is 3.11. The largest absolute Gasteiger partial charge is 0.387 e. The van der Waals surface area contributed by atoms with Gasteiger partial charge in [-0.2, -0.15) is 0 Å². The van der Waals surface area contributed by atoms with Crippen molar-refractivity contribution in [3.05, 3.63) is 63.4 Å². The van der Waals surface area contributed by atoms with E-state index in [1.807, 2.05) is 18.2 Å². The molecule has 2 atom stereocenters. The molecule has 2 aromatic rings. The van der Waals surface area contributed by atoms with Gasteiger partial charge in [0.05, 0.1) is 11.8 Å². The number of aliphatic hydroxyl groups excluding tert-OH is 1. The van der Waals surface area contributed by atoms with Crippen molar-refractivity contribution in [2.24, 2.45) is 0 Å². The molecule has 0 aliphatic heterocycles. The van der Waals surface area contributed by atoms with Crippen LogP contribution in [0.3, 0.4) is 0 Å². The van der Waals surface area contributed by atoms with Crippen LogP contribution in [0.15, 0.2) is 36.5 Å². The molecule has 1 aromatic heterocycles. The SMILES string of the molecule is O=C(CCc1ccc(Cl)cc1Cl)[C@@H]1CC[C@@H](O)c2ncccc21. The van der Waals surface area contributed by atoms with Crippen molar-refractivity contribution in [2.75, 3.05) is 0 Å². The normalized spacial score (nSPS) is 20.1. The zero-order valence-corrected chi connectivity index (χ0v) is 14.0. The Kier molecular flexibility index (Phi) is 5.00. The maximum absolute atomic E-state index is 12.6. The fraction of sp³-hybridized carbons (Fsp3) is 0.333. The van der Waals surface area contributed by atoms with Crippen LogP contribution in [0.1, 0.15) is 48.1 Å². The summed E-state index contributed by atoms with van der Waals surface area (Å²) >= 11 is 12.0. The third-order valence-corrected chi connectivity index (χ3v) is 4.92. The summed E-state index contributed by atoms with van der Waals surface area (Å²) in [6.07, 6.45) is 3.32. The number of hydrogen-bond acceptors (Lipinski definition) is 3. The average Bonchev–Trinajstić information content (AvgIpc) is 2.54. The number of benzene rings is 1. The number of aryl methyl sites for hydroxylation is 1. The average molecular weight is 350 g/mol. The van der Waals surface area contributed by atoms with Crippen LogP contribution in [0.2, 0.25) is 10.0 Å². The monoisotopic (exact) mass is 349 g/mol. The standard InChI is InChI=1S/C18H17Cl2NO2/c19-12-5-3-11(15(20)10-12)4-7-16(22)13-6-8-17(23)18-14(13)2-1-9-21-18/h1-3,5,9-10,13,17,23H,4,6-8H2/t13-,17-/m1/s1. The third-order valence-electron chi connectivity index (χ3n) is 4.34. The molecule has 1 N–H and O–H groups in total. The molecule has 0 saturated carbocycles. The first-order chi connectivity index (χ1) is 11.1. The van der Waals surface area contributed by atoms with Crippen LogP contribution in [0, 0.1) is 0 Å². The number of hydrogen-bond donors (Lipinski definition) is 1. The number of pyridine rings is 1. The first-order valence-electron chi connectivity index (χ1n) is 7.66. The van der Waals surface area contributed by atoms with E-state index in [-0.39, 0.29) is 11.7 Å². The molecule has 0 unspecified atom stereocenters. The number of rotatable bonds is 4. The van der Waals surface area contributed by atoms with Gasteiger partial charge in [-0.1, -0.05) is 35.3 Å². The number of aromatic nitrogens is 1. The lowest BCUT2D eigenvalue weighted by Gasteiger charge is -2.27. The Morgan fingerprint density at radius 3 is 2.87 bits per heavy atom. The Labute approximate surface area is 145 Å². The Balaban J connectivity index is 1.73. The van der Waals surface area contributed by atoms with Crippen molar-refractivity contribution >= 4 is 29.0 Å². The van der Waals surface area contributed by atoms with Crippen molar-refractivity contribution in [1.82, 2.24) is 4.98 Å². The molecule has 3 rings (SSSR count). The second kappa shape index (κ2) is 7.00. The molecule has 0 bridgehead atoms. The molecular weight excluding hydrogens is 333 g/mol. The number of carbonyl (C=O) groups is 1. The molecule has 5 heteroatoms. The van der Waals surface area contributed by atoms with Crippen LogP contribution in [-0.4, -0.2) is 15.9 Å². The van der Waals surface area contributed by atoms with Gasteiger partial charge in [-0.3, -0.25) is 9.78 Å². The molecule has 1 aromatic carbocycles. The van der Waals surface area contributed by atoms with Gasteiger partial charge >= 0.3 is 0 Å². The molecule has 1 aliphatic rings. The van der Waals surface area contributed by atoms with Crippen molar-refractivity contribution < 1.29 is 9.90 Å². The highest BCUT2D eigenvalue weighted by atomic mass is 35.5. The topological polar surface area (TPSA) is 50.2 Å². The number of fused-ring (bicyclic) bond motifs is 1. The molecule has 3 nitrogen and oxygen atoms in total. The van der Waals surface area contributed by atoms with Crippen LogP contribution in [0.25, 0.3) is 0 Å². The highest BCUT2D eigenvalue weighted by Crippen LogP contribution is 2.37. The smallest absolute Gasteiger partial charge is 0.140 e. The van der Waals surface area contributed by atoms with Gasteiger partial charge in [0.2, 0.25) is 0 Å². The summed E-state index contributed by atoms with van der Waals surface area (Å²) in [5.41, 5.74) is 2.42. The van der Waals surface area contributed by atoms with Gasteiger partial charge < -0.3 is 5.11 Å². The maximum atomic E-state index is 12.6. The Morgan fingerprint density at radius 1 is 1.26 bits per heavy atom. The Bertz CT molecular complexity index is 733. The predicted octanol–water partition coefficient (Wildman–Crippen LogP) is 4.50. The lowest BCUT2D eigenvalue weighted by atomic mass is 9.80. The second-order valence-electron chi connectivity index (χ2n) is 5.83. The Hall–Kier alpha value is -1.42. The van der Waals surface area contributed by atoms with Crippen molar-refractivity contribution in [3.63, 3.8) is 0 Å². The van der Waals surface area contributed by atoms with E-state index in [0.717, 1.165) is 11.1 Å².